The van der Waals surface area contributed by atoms with Gasteiger partial charge in [-0.05, 0) is 78.2 Å². The normalized spacial score (nSPS) is 15.8. The molecule has 1 aliphatic heterocycles. The number of phenolic OH excluding ortho intramolecular Hbond substituents is 1. The quantitative estimate of drug-likeness (QED) is 0.508. The molecule has 0 spiro atoms. The summed E-state index contributed by atoms with van der Waals surface area (Å²) in [5.41, 5.74) is 2.39. The van der Waals surface area contributed by atoms with Crippen molar-refractivity contribution in [3.05, 3.63) is 94.0 Å². The van der Waals surface area contributed by atoms with Gasteiger partial charge in [-0.1, -0.05) is 41.1 Å². The summed E-state index contributed by atoms with van der Waals surface area (Å²) in [6.45, 7) is 6.78. The summed E-state index contributed by atoms with van der Waals surface area (Å²) in [6.07, 6.45) is 1.76. The maximum atomic E-state index is 13.7. The van der Waals surface area contributed by atoms with E-state index in [1.54, 1.807) is 45.9 Å². The molecule has 9 heteroatoms. The molecule has 0 saturated heterocycles. The first-order valence-electron chi connectivity index (χ1n) is 10.8. The van der Waals surface area contributed by atoms with E-state index in [1.807, 2.05) is 32.9 Å². The number of carbonyl (C=O) groups is 1. The molecular weight excluding hydrogens is 538 g/mol. The Kier molecular flexibility index (Phi) is 7.12. The third-order valence-electron chi connectivity index (χ3n) is 5.76. The van der Waals surface area contributed by atoms with Crippen LogP contribution in [-0.4, -0.2) is 33.6 Å². The van der Waals surface area contributed by atoms with Gasteiger partial charge in [-0.2, -0.15) is 0 Å². The molecule has 2 heterocycles. The van der Waals surface area contributed by atoms with Crippen molar-refractivity contribution in [1.82, 2.24) is 9.47 Å². The van der Waals surface area contributed by atoms with Crippen molar-refractivity contribution < 1.29 is 9.90 Å². The molecule has 176 valence electrons. The summed E-state index contributed by atoms with van der Waals surface area (Å²) in [6, 6.07) is 11.6. The van der Waals surface area contributed by atoms with Crippen LogP contribution >= 0.6 is 38.9 Å². The molecule has 1 atom stereocenters. The Morgan fingerprint density at radius 2 is 1.91 bits per heavy atom. The Labute approximate surface area is 214 Å². The minimum absolute atomic E-state index is 0.122. The minimum Gasteiger partial charge on any atom is -0.507 e. The Morgan fingerprint density at radius 3 is 2.53 bits per heavy atom. The molecule has 1 aliphatic rings. The Balaban J connectivity index is 1.95. The van der Waals surface area contributed by atoms with Crippen molar-refractivity contribution in [3.63, 3.8) is 0 Å². The van der Waals surface area contributed by atoms with Crippen LogP contribution in [0.15, 0.2) is 68.0 Å². The lowest BCUT2D eigenvalue weighted by Gasteiger charge is -2.29. The number of hydrogen-bond donors (Lipinski definition) is 1. The molecule has 1 amide bonds. The van der Waals surface area contributed by atoms with Crippen LogP contribution in [0.1, 0.15) is 37.9 Å². The van der Waals surface area contributed by atoms with Crippen LogP contribution in [0.3, 0.4) is 0 Å². The van der Waals surface area contributed by atoms with Gasteiger partial charge in [-0.15, -0.1) is 0 Å². The van der Waals surface area contributed by atoms with E-state index >= 15 is 0 Å². The molecule has 3 aromatic rings. The van der Waals surface area contributed by atoms with Crippen molar-refractivity contribution in [2.75, 3.05) is 13.1 Å². The smallest absolute Gasteiger partial charge is 0.271 e. The lowest BCUT2D eigenvalue weighted by molar-refractivity contribution is -0.127. The highest BCUT2D eigenvalue weighted by Crippen LogP contribution is 2.32. The second kappa shape index (κ2) is 9.90. The zero-order valence-electron chi connectivity index (χ0n) is 18.9. The summed E-state index contributed by atoms with van der Waals surface area (Å²) in [5.74, 6) is -0.0144. The number of halogens is 2. The van der Waals surface area contributed by atoms with Crippen LogP contribution in [0.4, 0.5) is 0 Å². The van der Waals surface area contributed by atoms with E-state index in [1.165, 1.54) is 11.3 Å². The zero-order chi connectivity index (χ0) is 24.6. The van der Waals surface area contributed by atoms with Gasteiger partial charge >= 0.3 is 0 Å². The van der Waals surface area contributed by atoms with Crippen molar-refractivity contribution >= 4 is 50.9 Å². The topological polar surface area (TPSA) is 74.9 Å². The van der Waals surface area contributed by atoms with Crippen LogP contribution in [0.5, 0.6) is 5.75 Å². The number of allylic oxidation sites excluding steroid dienone is 1. The fraction of sp³-hybridized carbons (Fsp3) is 0.240. The molecule has 2 aromatic carbocycles. The number of rotatable bonds is 5. The van der Waals surface area contributed by atoms with Gasteiger partial charge < -0.3 is 10.0 Å². The maximum absolute atomic E-state index is 13.7. The highest BCUT2D eigenvalue weighted by molar-refractivity contribution is 9.10. The SMILES string of the molecule is CCN(CC)C(=O)C1=C(C)N=c2s/c(=C/c3ccc(O)c(Br)c3)c(=O)n2[C@@H]1c1ccc(Cl)cc1. The molecule has 1 aromatic heterocycles. The van der Waals surface area contributed by atoms with Gasteiger partial charge in [0.1, 0.15) is 5.75 Å². The molecule has 1 N–H and O–H groups in total. The highest BCUT2D eigenvalue weighted by atomic mass is 79.9. The molecule has 0 bridgehead atoms. The summed E-state index contributed by atoms with van der Waals surface area (Å²) < 4.78 is 2.62. The standard InChI is InChI=1S/C25H23BrClN3O3S/c1-4-29(5-2)24(33)21-14(3)28-25-30(22(21)16-7-9-17(27)10-8-16)23(32)20(34-25)13-15-6-11-19(31)18(26)12-15/h6-13,22,31H,4-5H2,1-3H3/b20-13+/t22-/m1/s1. The van der Waals surface area contributed by atoms with Gasteiger partial charge in [0.05, 0.1) is 26.3 Å². The molecule has 0 unspecified atom stereocenters. The fourth-order valence-corrected chi connectivity index (χ4v) is 5.57. The first-order valence-corrected chi connectivity index (χ1v) is 12.8. The van der Waals surface area contributed by atoms with Gasteiger partial charge in [0.2, 0.25) is 0 Å². The lowest BCUT2D eigenvalue weighted by Crippen LogP contribution is -2.43. The number of nitrogens with zero attached hydrogens (tertiary/aromatic N) is 3. The van der Waals surface area contributed by atoms with Gasteiger partial charge in [0.15, 0.2) is 4.80 Å². The number of aromatic nitrogens is 1. The number of carbonyl (C=O) groups excluding carboxylic acids is 1. The van der Waals surface area contributed by atoms with Crippen LogP contribution in [-0.2, 0) is 4.79 Å². The summed E-state index contributed by atoms with van der Waals surface area (Å²) in [7, 11) is 0. The average molecular weight is 561 g/mol. The molecule has 0 saturated carbocycles. The van der Waals surface area contributed by atoms with E-state index in [0.29, 0.717) is 43.2 Å². The van der Waals surface area contributed by atoms with Crippen LogP contribution < -0.4 is 14.9 Å². The van der Waals surface area contributed by atoms with E-state index in [2.05, 4.69) is 20.9 Å². The van der Waals surface area contributed by atoms with Crippen LogP contribution in [0.2, 0.25) is 5.02 Å². The second-order valence-corrected chi connectivity index (χ2v) is 10.1. The number of aromatic hydroxyl groups is 1. The summed E-state index contributed by atoms with van der Waals surface area (Å²) in [5, 5.41) is 10.4. The number of benzene rings is 2. The summed E-state index contributed by atoms with van der Waals surface area (Å²) >= 11 is 10.7. The minimum atomic E-state index is -0.615. The third kappa shape index (κ3) is 4.50. The van der Waals surface area contributed by atoms with Gasteiger partial charge in [-0.3, -0.25) is 14.2 Å². The van der Waals surface area contributed by atoms with E-state index in [9.17, 15) is 14.7 Å². The Hall–Kier alpha value is -2.68. The molecule has 0 fully saturated rings. The van der Waals surface area contributed by atoms with Gasteiger partial charge in [0, 0.05) is 18.1 Å². The van der Waals surface area contributed by atoms with Crippen LogP contribution in [0.25, 0.3) is 6.08 Å². The molecule has 34 heavy (non-hydrogen) atoms. The monoisotopic (exact) mass is 559 g/mol. The molecule has 4 rings (SSSR count). The van der Waals surface area contributed by atoms with E-state index in [0.717, 1.165) is 11.1 Å². The number of amides is 1. The largest absolute Gasteiger partial charge is 0.507 e. The van der Waals surface area contributed by atoms with Crippen molar-refractivity contribution in [3.8, 4) is 5.75 Å². The number of likely N-dealkylation sites (N-methyl/N-ethyl adjacent to an activating group) is 1. The third-order valence-corrected chi connectivity index (χ3v) is 7.63. The zero-order valence-corrected chi connectivity index (χ0v) is 22.0. The average Bonchev–Trinajstić information content (AvgIpc) is 3.11. The molecule has 0 radical (unpaired) electrons. The fourth-order valence-electron chi connectivity index (χ4n) is 4.00. The van der Waals surface area contributed by atoms with E-state index in [4.69, 9.17) is 11.6 Å². The Bertz CT molecular complexity index is 1470. The number of hydrogen-bond acceptors (Lipinski definition) is 5. The van der Waals surface area contributed by atoms with Crippen molar-refractivity contribution in [1.29, 1.82) is 0 Å². The maximum Gasteiger partial charge on any atom is 0.271 e. The van der Waals surface area contributed by atoms with Crippen molar-refractivity contribution in [2.24, 2.45) is 4.99 Å². The Morgan fingerprint density at radius 1 is 1.24 bits per heavy atom. The predicted molar refractivity (Wildman–Crippen MR) is 139 cm³/mol. The van der Waals surface area contributed by atoms with Crippen LogP contribution in [0, 0.1) is 0 Å². The highest BCUT2D eigenvalue weighted by Gasteiger charge is 2.34. The molecular formula is C25H23BrClN3O3S. The van der Waals surface area contributed by atoms with Gasteiger partial charge in [0.25, 0.3) is 11.5 Å². The van der Waals surface area contributed by atoms with E-state index in [-0.39, 0.29) is 17.2 Å². The number of fused-ring (bicyclic) bond motifs is 1. The predicted octanol–water partition coefficient (Wildman–Crippen LogP) is 4.23. The van der Waals surface area contributed by atoms with E-state index < -0.39 is 6.04 Å². The summed E-state index contributed by atoms with van der Waals surface area (Å²) in [4.78, 5) is 34.1. The molecule has 0 aliphatic carbocycles. The van der Waals surface area contributed by atoms with Gasteiger partial charge in [-0.25, -0.2) is 4.99 Å². The first kappa shape index (κ1) is 24.4. The number of thiazole rings is 1. The number of phenols is 1. The molecule has 6 nitrogen and oxygen atoms in total. The first-order chi connectivity index (χ1) is 16.2. The van der Waals surface area contributed by atoms with Crippen molar-refractivity contribution in [2.45, 2.75) is 26.8 Å². The lowest BCUT2D eigenvalue weighted by atomic mass is 9.94. The second-order valence-electron chi connectivity index (χ2n) is 7.82.